The average molecular weight is 354 g/mol. The van der Waals surface area contributed by atoms with Crippen LogP contribution in [0.2, 0.25) is 0 Å². The first kappa shape index (κ1) is 17.4. The lowest BCUT2D eigenvalue weighted by molar-refractivity contribution is 0.0953. The molecule has 2 aromatic heterocycles. The van der Waals surface area contributed by atoms with Crippen molar-refractivity contribution in [3.8, 4) is 0 Å². The second-order valence-electron chi connectivity index (χ2n) is 5.86. The Morgan fingerprint density at radius 2 is 2.00 bits per heavy atom. The topological polar surface area (TPSA) is 66.9 Å². The number of aryl methyl sites for hydroxylation is 1. The molecule has 0 aliphatic heterocycles. The van der Waals surface area contributed by atoms with Gasteiger partial charge in [0.05, 0.1) is 4.70 Å². The van der Waals surface area contributed by atoms with Crippen LogP contribution in [-0.4, -0.2) is 28.4 Å². The summed E-state index contributed by atoms with van der Waals surface area (Å²) >= 11 is 1.44. The number of hydrogen-bond acceptors (Lipinski definition) is 5. The van der Waals surface area contributed by atoms with Gasteiger partial charge in [-0.2, -0.15) is 4.37 Å². The third kappa shape index (κ3) is 4.54. The molecule has 5 nitrogen and oxygen atoms in total. The van der Waals surface area contributed by atoms with Crippen LogP contribution in [0.15, 0.2) is 42.6 Å². The fourth-order valence-corrected chi connectivity index (χ4v) is 3.32. The van der Waals surface area contributed by atoms with Crippen molar-refractivity contribution in [3.05, 3.63) is 53.7 Å². The molecule has 0 atom stereocenters. The third-order valence-electron chi connectivity index (χ3n) is 3.92. The predicted molar refractivity (Wildman–Crippen MR) is 103 cm³/mol. The number of pyridine rings is 1. The number of hydrogen-bond donors (Lipinski definition) is 2. The quantitative estimate of drug-likeness (QED) is 0.603. The molecule has 0 aliphatic carbocycles. The molecule has 0 unspecified atom stereocenters. The van der Waals surface area contributed by atoms with Crippen molar-refractivity contribution in [1.29, 1.82) is 0 Å². The van der Waals surface area contributed by atoms with E-state index in [0.29, 0.717) is 12.1 Å². The predicted octanol–water partition coefficient (Wildman–Crippen LogP) is 3.88. The summed E-state index contributed by atoms with van der Waals surface area (Å²) in [5.74, 6) is 0.794. The lowest BCUT2D eigenvalue weighted by Crippen LogP contribution is -2.25. The van der Waals surface area contributed by atoms with Crippen LogP contribution in [0, 0.1) is 0 Å². The van der Waals surface area contributed by atoms with Gasteiger partial charge in [-0.15, -0.1) is 0 Å². The van der Waals surface area contributed by atoms with Gasteiger partial charge >= 0.3 is 0 Å². The Morgan fingerprint density at radius 1 is 1.16 bits per heavy atom. The van der Waals surface area contributed by atoms with E-state index >= 15 is 0 Å². The summed E-state index contributed by atoms with van der Waals surface area (Å²) in [5.41, 5.74) is 2.89. The summed E-state index contributed by atoms with van der Waals surface area (Å²) in [6.45, 7) is 3.52. The number of anilines is 1. The summed E-state index contributed by atoms with van der Waals surface area (Å²) < 4.78 is 5.45. The molecule has 0 saturated carbocycles. The number of nitrogens with zero attached hydrogens (tertiary/aromatic N) is 2. The molecule has 0 bridgehead atoms. The molecular weight excluding hydrogens is 332 g/mol. The van der Waals surface area contributed by atoms with E-state index in [-0.39, 0.29) is 5.91 Å². The number of carbonyl (C=O) groups excluding carboxylic acids is 1. The summed E-state index contributed by atoms with van der Waals surface area (Å²) in [7, 11) is 0. The largest absolute Gasteiger partial charge is 0.367 e. The van der Waals surface area contributed by atoms with Crippen LogP contribution in [0.5, 0.6) is 0 Å². The Bertz CT molecular complexity index is 829. The number of carbonyl (C=O) groups is 1. The monoisotopic (exact) mass is 354 g/mol. The molecule has 0 radical (unpaired) electrons. The first-order valence-electron chi connectivity index (χ1n) is 8.59. The standard InChI is InChI=1S/C19H22N4OS/c1-2-5-14-7-9-15(10-8-14)19(24)22-13-4-12-21-18-17-16(25-23-18)6-3-11-20-17/h3,6-11H,2,4-5,12-13H2,1H3,(H,21,23)(H,22,24). The van der Waals surface area contributed by atoms with E-state index in [0.717, 1.165) is 41.8 Å². The second-order valence-corrected chi connectivity index (χ2v) is 6.67. The highest BCUT2D eigenvalue weighted by Gasteiger charge is 2.07. The van der Waals surface area contributed by atoms with Crippen molar-refractivity contribution in [2.24, 2.45) is 0 Å². The fraction of sp³-hybridized carbons (Fsp3) is 0.316. The van der Waals surface area contributed by atoms with E-state index < -0.39 is 0 Å². The van der Waals surface area contributed by atoms with Gasteiger partial charge < -0.3 is 10.6 Å². The molecule has 3 rings (SSSR count). The summed E-state index contributed by atoms with van der Waals surface area (Å²) in [6.07, 6.45) is 4.76. The van der Waals surface area contributed by atoms with Gasteiger partial charge in [-0.25, -0.2) is 0 Å². The van der Waals surface area contributed by atoms with Crippen molar-refractivity contribution in [3.63, 3.8) is 0 Å². The zero-order valence-electron chi connectivity index (χ0n) is 14.3. The molecule has 2 heterocycles. The number of amides is 1. The van der Waals surface area contributed by atoms with Crippen molar-refractivity contribution >= 4 is 33.5 Å². The van der Waals surface area contributed by atoms with Crippen LogP contribution in [-0.2, 0) is 6.42 Å². The molecule has 1 amide bonds. The number of benzene rings is 1. The highest BCUT2D eigenvalue weighted by molar-refractivity contribution is 7.13. The first-order valence-corrected chi connectivity index (χ1v) is 9.36. The smallest absolute Gasteiger partial charge is 0.251 e. The van der Waals surface area contributed by atoms with E-state index in [2.05, 4.69) is 26.9 Å². The van der Waals surface area contributed by atoms with Crippen LogP contribution in [0.4, 0.5) is 5.82 Å². The van der Waals surface area contributed by atoms with Crippen molar-refractivity contribution in [2.75, 3.05) is 18.4 Å². The first-order chi connectivity index (χ1) is 12.3. The Kier molecular flexibility index (Phi) is 5.95. The van der Waals surface area contributed by atoms with E-state index in [1.54, 1.807) is 6.20 Å². The molecule has 2 N–H and O–H groups in total. The third-order valence-corrected chi connectivity index (χ3v) is 4.72. The molecule has 0 aliphatic rings. The van der Waals surface area contributed by atoms with Crippen LogP contribution < -0.4 is 10.6 Å². The van der Waals surface area contributed by atoms with E-state index in [1.807, 2.05) is 36.4 Å². The zero-order valence-corrected chi connectivity index (χ0v) is 15.1. The normalized spacial score (nSPS) is 10.8. The van der Waals surface area contributed by atoms with Crippen LogP contribution in [0.1, 0.15) is 35.7 Å². The maximum atomic E-state index is 12.1. The Balaban J connectivity index is 1.41. The van der Waals surface area contributed by atoms with Crippen LogP contribution in [0.25, 0.3) is 10.2 Å². The van der Waals surface area contributed by atoms with Crippen LogP contribution in [0.3, 0.4) is 0 Å². The molecule has 130 valence electrons. The van der Waals surface area contributed by atoms with Gasteiger partial charge in [-0.05, 0) is 54.2 Å². The fourth-order valence-electron chi connectivity index (χ4n) is 2.61. The van der Waals surface area contributed by atoms with Crippen LogP contribution >= 0.6 is 11.5 Å². The highest BCUT2D eigenvalue weighted by Crippen LogP contribution is 2.23. The summed E-state index contributed by atoms with van der Waals surface area (Å²) in [4.78, 5) is 16.5. The number of nitrogens with one attached hydrogen (secondary N) is 2. The number of aromatic nitrogens is 2. The van der Waals surface area contributed by atoms with Gasteiger partial charge in [0.25, 0.3) is 5.91 Å². The molecule has 6 heteroatoms. The van der Waals surface area contributed by atoms with Crippen molar-refractivity contribution < 1.29 is 4.79 Å². The minimum Gasteiger partial charge on any atom is -0.367 e. The average Bonchev–Trinajstić information content (AvgIpc) is 3.05. The lowest BCUT2D eigenvalue weighted by Gasteiger charge is -2.07. The van der Waals surface area contributed by atoms with Gasteiger partial charge in [0, 0.05) is 24.8 Å². The van der Waals surface area contributed by atoms with Gasteiger partial charge in [0.1, 0.15) is 5.52 Å². The second kappa shape index (κ2) is 8.58. The maximum absolute atomic E-state index is 12.1. The number of rotatable bonds is 8. The molecule has 0 spiro atoms. The molecular formula is C19H22N4OS. The van der Waals surface area contributed by atoms with Crippen molar-refractivity contribution in [1.82, 2.24) is 14.7 Å². The van der Waals surface area contributed by atoms with Crippen molar-refractivity contribution in [2.45, 2.75) is 26.2 Å². The Hall–Kier alpha value is -2.47. The molecule has 1 aromatic carbocycles. The lowest BCUT2D eigenvalue weighted by atomic mass is 10.1. The zero-order chi connectivity index (χ0) is 17.5. The Morgan fingerprint density at radius 3 is 2.80 bits per heavy atom. The Labute approximate surface area is 151 Å². The SMILES string of the molecule is CCCc1ccc(C(=O)NCCCNc2nsc3cccnc23)cc1. The number of fused-ring (bicyclic) bond motifs is 1. The molecule has 25 heavy (non-hydrogen) atoms. The maximum Gasteiger partial charge on any atom is 0.251 e. The minimum atomic E-state index is -0.0242. The minimum absolute atomic E-state index is 0.0242. The molecule has 3 aromatic rings. The van der Waals surface area contributed by atoms with E-state index in [9.17, 15) is 4.79 Å². The summed E-state index contributed by atoms with van der Waals surface area (Å²) in [5, 5.41) is 6.24. The van der Waals surface area contributed by atoms with E-state index in [4.69, 9.17) is 0 Å². The summed E-state index contributed by atoms with van der Waals surface area (Å²) in [6, 6.07) is 11.8. The molecule has 0 saturated heterocycles. The van der Waals surface area contributed by atoms with Gasteiger partial charge in [-0.1, -0.05) is 25.5 Å². The molecule has 0 fully saturated rings. The van der Waals surface area contributed by atoms with Gasteiger partial charge in [0.15, 0.2) is 5.82 Å². The van der Waals surface area contributed by atoms with E-state index in [1.165, 1.54) is 17.1 Å². The van der Waals surface area contributed by atoms with Gasteiger partial charge in [0.2, 0.25) is 0 Å². The van der Waals surface area contributed by atoms with Gasteiger partial charge in [-0.3, -0.25) is 9.78 Å². The highest BCUT2D eigenvalue weighted by atomic mass is 32.1.